The Kier molecular flexibility index (Phi) is 6.07. The van der Waals surface area contributed by atoms with E-state index in [2.05, 4.69) is 10.3 Å². The van der Waals surface area contributed by atoms with E-state index >= 15 is 0 Å². The highest BCUT2D eigenvalue weighted by molar-refractivity contribution is 7.90. The Balaban J connectivity index is 1.58. The molecule has 0 amide bonds. The van der Waals surface area contributed by atoms with Crippen LogP contribution in [-0.4, -0.2) is 42.4 Å². The van der Waals surface area contributed by atoms with Crippen LogP contribution in [0.4, 0.5) is 11.4 Å². The van der Waals surface area contributed by atoms with E-state index in [-0.39, 0.29) is 17.2 Å². The molecule has 2 saturated heterocycles. The van der Waals surface area contributed by atoms with Crippen molar-refractivity contribution in [3.8, 4) is 0 Å². The average Bonchev–Trinajstić information content (AvgIpc) is 3.42. The second-order valence-corrected chi connectivity index (χ2v) is 11.0. The average molecular weight is 491 g/mol. The largest absolute Gasteiger partial charge is 0.374 e. The number of nitrogens with one attached hydrogen (secondary N) is 1. The zero-order valence-electron chi connectivity index (χ0n) is 18.7. The van der Waals surface area contributed by atoms with Gasteiger partial charge in [-0.25, -0.2) is 18.4 Å². The van der Waals surface area contributed by atoms with Crippen LogP contribution in [-0.2, 0) is 19.3 Å². The smallest absolute Gasteiger partial charge is 0.177 e. The molecule has 8 nitrogen and oxygen atoms in total. The summed E-state index contributed by atoms with van der Waals surface area (Å²) in [4.78, 5) is 9.46. The lowest BCUT2D eigenvalue weighted by Gasteiger charge is -2.25. The molecule has 2 atom stereocenters. The van der Waals surface area contributed by atoms with E-state index in [4.69, 9.17) is 26.1 Å². The maximum absolute atomic E-state index is 12.7. The summed E-state index contributed by atoms with van der Waals surface area (Å²) in [6, 6.07) is 7.06. The van der Waals surface area contributed by atoms with Gasteiger partial charge in [-0.05, 0) is 56.7 Å². The first-order valence-corrected chi connectivity index (χ1v) is 13.5. The molecular formula is C23H27ClN4O4S. The molecule has 0 saturated carbocycles. The van der Waals surface area contributed by atoms with Crippen molar-refractivity contribution in [1.82, 2.24) is 14.5 Å². The molecule has 1 N–H and O–H groups in total. The van der Waals surface area contributed by atoms with Gasteiger partial charge in [-0.15, -0.1) is 0 Å². The van der Waals surface area contributed by atoms with E-state index in [9.17, 15) is 8.42 Å². The van der Waals surface area contributed by atoms with Gasteiger partial charge in [0.15, 0.2) is 15.5 Å². The third-order valence-corrected chi connectivity index (χ3v) is 7.54. The molecule has 2 aliphatic heterocycles. The van der Waals surface area contributed by atoms with Gasteiger partial charge in [-0.1, -0.05) is 17.7 Å². The van der Waals surface area contributed by atoms with Gasteiger partial charge < -0.3 is 14.8 Å². The number of halogens is 1. The number of pyridine rings is 1. The lowest BCUT2D eigenvalue weighted by Crippen LogP contribution is -2.19. The van der Waals surface area contributed by atoms with Crippen LogP contribution >= 0.6 is 11.6 Å². The van der Waals surface area contributed by atoms with Crippen molar-refractivity contribution in [2.45, 2.75) is 56.3 Å². The van der Waals surface area contributed by atoms with Crippen molar-refractivity contribution >= 4 is 44.0 Å². The number of aryl methyl sites for hydroxylation is 1. The third-order valence-electron chi connectivity index (χ3n) is 6.21. The fourth-order valence-corrected chi connectivity index (χ4v) is 5.70. The summed E-state index contributed by atoms with van der Waals surface area (Å²) in [5.74, 6) is 0.770. The zero-order chi connectivity index (χ0) is 23.2. The third kappa shape index (κ3) is 4.47. The van der Waals surface area contributed by atoms with E-state index in [1.54, 1.807) is 18.2 Å². The lowest BCUT2D eigenvalue weighted by atomic mass is 10.1. The minimum absolute atomic E-state index is 0.0736. The summed E-state index contributed by atoms with van der Waals surface area (Å²) in [5.41, 5.74) is 3.16. The van der Waals surface area contributed by atoms with Crippen LogP contribution < -0.4 is 5.32 Å². The van der Waals surface area contributed by atoms with Gasteiger partial charge in [0, 0.05) is 25.5 Å². The number of aromatic nitrogens is 3. The summed E-state index contributed by atoms with van der Waals surface area (Å²) in [6.45, 7) is 3.30. The Hall–Kier alpha value is -2.20. The standard InChI is InChI=1S/C23H27ClN4O4S/c1-14-25-22-17(13-20(24)27-23(22)28(14)21-7-3-4-10-32-21)26-16-9-8-15(18-6-5-11-31-18)12-19(16)33(2,29)30/h8-9,12-13,18,21H,3-7,10-11H2,1-2H3,(H,26,27). The van der Waals surface area contributed by atoms with Crippen molar-refractivity contribution in [3.63, 3.8) is 0 Å². The van der Waals surface area contributed by atoms with Crippen molar-refractivity contribution in [3.05, 3.63) is 40.8 Å². The molecule has 2 unspecified atom stereocenters. The lowest BCUT2D eigenvalue weighted by molar-refractivity contribution is -0.0309. The van der Waals surface area contributed by atoms with Gasteiger partial charge in [0.1, 0.15) is 22.7 Å². The summed E-state index contributed by atoms with van der Waals surface area (Å²) in [7, 11) is -3.50. The number of hydrogen-bond donors (Lipinski definition) is 1. The molecular weight excluding hydrogens is 464 g/mol. The molecule has 2 aromatic heterocycles. The van der Waals surface area contributed by atoms with Gasteiger partial charge in [0.2, 0.25) is 0 Å². The normalized spacial score (nSPS) is 21.5. The fourth-order valence-electron chi connectivity index (χ4n) is 4.64. The van der Waals surface area contributed by atoms with Crippen molar-refractivity contribution in [1.29, 1.82) is 0 Å². The number of benzene rings is 1. The minimum Gasteiger partial charge on any atom is -0.374 e. The van der Waals surface area contributed by atoms with Gasteiger partial charge in [-0.3, -0.25) is 4.57 Å². The highest BCUT2D eigenvalue weighted by Crippen LogP contribution is 2.36. The van der Waals surface area contributed by atoms with E-state index < -0.39 is 9.84 Å². The monoisotopic (exact) mass is 490 g/mol. The van der Waals surface area contributed by atoms with Crippen molar-refractivity contribution < 1.29 is 17.9 Å². The first-order valence-electron chi connectivity index (χ1n) is 11.2. The zero-order valence-corrected chi connectivity index (χ0v) is 20.2. The van der Waals surface area contributed by atoms with Crippen LogP contribution in [0.3, 0.4) is 0 Å². The topological polar surface area (TPSA) is 95.3 Å². The molecule has 5 rings (SSSR count). The predicted molar refractivity (Wildman–Crippen MR) is 127 cm³/mol. The predicted octanol–water partition coefficient (Wildman–Crippen LogP) is 5.09. The number of sulfone groups is 1. The molecule has 1 aromatic carbocycles. The quantitative estimate of drug-likeness (QED) is 0.497. The number of rotatable bonds is 5. The van der Waals surface area contributed by atoms with Crippen LogP contribution in [0.5, 0.6) is 0 Å². The molecule has 3 aromatic rings. The molecule has 4 heterocycles. The number of anilines is 2. The molecule has 2 aliphatic rings. The summed E-state index contributed by atoms with van der Waals surface area (Å²) >= 11 is 6.38. The number of imidazole rings is 1. The molecule has 10 heteroatoms. The Bertz CT molecular complexity index is 1300. The second kappa shape index (κ2) is 8.87. The maximum Gasteiger partial charge on any atom is 0.177 e. The van der Waals surface area contributed by atoms with E-state index in [0.29, 0.717) is 40.9 Å². The van der Waals surface area contributed by atoms with Crippen LogP contribution in [0.2, 0.25) is 5.15 Å². The molecule has 2 fully saturated rings. The fraction of sp³-hybridized carbons (Fsp3) is 0.478. The first-order chi connectivity index (χ1) is 15.8. The molecule has 33 heavy (non-hydrogen) atoms. The number of nitrogens with zero attached hydrogens (tertiary/aromatic N) is 3. The minimum atomic E-state index is -3.50. The Morgan fingerprint density at radius 1 is 1.06 bits per heavy atom. The summed E-state index contributed by atoms with van der Waals surface area (Å²) in [5, 5.41) is 3.55. The highest BCUT2D eigenvalue weighted by Gasteiger charge is 2.25. The first kappa shape index (κ1) is 22.6. The molecule has 0 radical (unpaired) electrons. The number of hydrogen-bond acceptors (Lipinski definition) is 7. The van der Waals surface area contributed by atoms with Crippen molar-refractivity contribution in [2.75, 3.05) is 24.8 Å². The van der Waals surface area contributed by atoms with Gasteiger partial charge in [0.25, 0.3) is 0 Å². The highest BCUT2D eigenvalue weighted by atomic mass is 35.5. The van der Waals surface area contributed by atoms with E-state index in [1.165, 1.54) is 6.26 Å². The number of ether oxygens (including phenoxy) is 2. The second-order valence-electron chi connectivity index (χ2n) is 8.67. The maximum atomic E-state index is 12.7. The van der Waals surface area contributed by atoms with Gasteiger partial charge in [-0.2, -0.15) is 0 Å². The summed E-state index contributed by atoms with van der Waals surface area (Å²) < 4.78 is 39.0. The Labute approximate surface area is 198 Å². The van der Waals surface area contributed by atoms with Gasteiger partial charge in [0.05, 0.1) is 22.4 Å². The van der Waals surface area contributed by atoms with Crippen LogP contribution in [0.15, 0.2) is 29.2 Å². The SMILES string of the molecule is Cc1nc2c(Nc3ccc(C4CCCO4)cc3S(C)(=O)=O)cc(Cl)nc2n1C1CCCCO1. The van der Waals surface area contributed by atoms with E-state index in [1.807, 2.05) is 17.6 Å². The Morgan fingerprint density at radius 2 is 1.88 bits per heavy atom. The number of fused-ring (bicyclic) bond motifs is 1. The van der Waals surface area contributed by atoms with Gasteiger partial charge >= 0.3 is 0 Å². The Morgan fingerprint density at radius 3 is 2.58 bits per heavy atom. The van der Waals surface area contributed by atoms with Crippen LogP contribution in [0.1, 0.15) is 55.8 Å². The molecule has 0 spiro atoms. The van der Waals surface area contributed by atoms with Crippen molar-refractivity contribution in [2.24, 2.45) is 0 Å². The van der Waals surface area contributed by atoms with Crippen LogP contribution in [0, 0.1) is 6.92 Å². The molecule has 0 bridgehead atoms. The molecule has 176 valence electrons. The molecule has 0 aliphatic carbocycles. The summed E-state index contributed by atoms with van der Waals surface area (Å²) in [6.07, 6.45) is 5.85. The van der Waals surface area contributed by atoms with Crippen LogP contribution in [0.25, 0.3) is 11.2 Å². The van der Waals surface area contributed by atoms with E-state index in [0.717, 1.165) is 43.5 Å².